The highest BCUT2D eigenvalue weighted by molar-refractivity contribution is 7.20. The van der Waals surface area contributed by atoms with E-state index < -0.39 is 0 Å². The number of carbonyl (C=O) groups is 1. The van der Waals surface area contributed by atoms with Gasteiger partial charge in [-0.05, 0) is 53.4 Å². The van der Waals surface area contributed by atoms with E-state index in [4.69, 9.17) is 4.98 Å². The number of nitrogens with one attached hydrogen (secondary N) is 2. The van der Waals surface area contributed by atoms with Crippen LogP contribution in [0, 0.1) is 0 Å². The van der Waals surface area contributed by atoms with Gasteiger partial charge in [0.1, 0.15) is 5.82 Å². The number of H-pyrrole nitrogens is 1. The number of rotatable bonds is 7. The molecule has 0 saturated carbocycles. The van der Waals surface area contributed by atoms with E-state index in [0.717, 1.165) is 43.6 Å². The molecule has 0 unspecified atom stereocenters. The van der Waals surface area contributed by atoms with Crippen LogP contribution < -0.4 is 10.2 Å². The molecule has 0 aliphatic carbocycles. The van der Waals surface area contributed by atoms with E-state index in [-0.39, 0.29) is 5.78 Å². The Morgan fingerprint density at radius 2 is 1.95 bits per heavy atom. The number of fused-ring (bicyclic) bond motifs is 2. The van der Waals surface area contributed by atoms with Crippen LogP contribution in [0.25, 0.3) is 32.4 Å². The Morgan fingerprint density at radius 1 is 1.03 bits per heavy atom. The molecule has 0 aliphatic heterocycles. The summed E-state index contributed by atoms with van der Waals surface area (Å²) < 4.78 is 1.01. The molecule has 4 heterocycles. The lowest BCUT2D eigenvalue weighted by Crippen LogP contribution is -2.09. The van der Waals surface area contributed by atoms with Crippen LogP contribution in [0.15, 0.2) is 73.2 Å². The van der Waals surface area contributed by atoms with E-state index in [0.29, 0.717) is 22.9 Å². The minimum Gasteiger partial charge on any atom is -0.361 e. The molecule has 37 heavy (non-hydrogen) atoms. The van der Waals surface area contributed by atoms with Gasteiger partial charge >= 0.3 is 0 Å². The molecule has 6 aromatic rings. The topological polar surface area (TPSA) is 113 Å². The first kappa shape index (κ1) is 22.7. The van der Waals surface area contributed by atoms with Crippen LogP contribution in [-0.2, 0) is 6.42 Å². The zero-order valence-electron chi connectivity index (χ0n) is 20.1. The Bertz CT molecular complexity index is 1740. The molecule has 0 radical (unpaired) electrons. The van der Waals surface area contributed by atoms with Crippen molar-refractivity contribution in [3.8, 4) is 11.4 Å². The molecule has 0 atom stereocenters. The van der Waals surface area contributed by atoms with Crippen molar-refractivity contribution in [1.82, 2.24) is 30.4 Å². The van der Waals surface area contributed by atoms with Crippen LogP contribution in [-0.4, -0.2) is 50.2 Å². The second kappa shape index (κ2) is 9.40. The third kappa shape index (κ3) is 4.62. The number of benzene rings is 2. The average molecular weight is 507 g/mol. The molecule has 4 aromatic heterocycles. The van der Waals surface area contributed by atoms with Gasteiger partial charge in [-0.3, -0.25) is 9.89 Å². The number of nitrogens with zero attached hydrogens (tertiary/aromatic N) is 6. The van der Waals surface area contributed by atoms with Crippen LogP contribution in [0.1, 0.15) is 15.2 Å². The predicted octanol–water partition coefficient (Wildman–Crippen LogP) is 5.26. The van der Waals surface area contributed by atoms with Crippen molar-refractivity contribution in [2.75, 3.05) is 24.3 Å². The van der Waals surface area contributed by atoms with Crippen molar-refractivity contribution < 1.29 is 4.79 Å². The fraction of sp³-hybridized carbons (Fsp3) is 0.111. The van der Waals surface area contributed by atoms with E-state index >= 15 is 0 Å². The first-order valence-electron chi connectivity index (χ1n) is 11.6. The highest BCUT2D eigenvalue weighted by Gasteiger charge is 2.13. The first-order chi connectivity index (χ1) is 18.0. The van der Waals surface area contributed by atoms with Crippen molar-refractivity contribution >= 4 is 55.4 Å². The zero-order valence-corrected chi connectivity index (χ0v) is 21.0. The minimum absolute atomic E-state index is 0.0604. The number of aromatic amines is 1. The molecule has 0 fully saturated rings. The Balaban J connectivity index is 1.25. The lowest BCUT2D eigenvalue weighted by atomic mass is 10.1. The molecule has 182 valence electrons. The summed E-state index contributed by atoms with van der Waals surface area (Å²) in [6.07, 6.45) is 5.25. The molecule has 10 heteroatoms. The van der Waals surface area contributed by atoms with Crippen LogP contribution in [0.2, 0.25) is 0 Å². The molecule has 0 saturated heterocycles. The second-order valence-corrected chi connectivity index (χ2v) is 9.89. The normalized spacial score (nSPS) is 11.2. The van der Waals surface area contributed by atoms with E-state index in [9.17, 15) is 4.79 Å². The SMILES string of the molecule is CN(C)c1n[nH]c2ccc(Nc3ccnc(-c4ccc5cc(C(=O)Cc6ccnnc6)sc5c4)n3)cc12. The van der Waals surface area contributed by atoms with Crippen molar-refractivity contribution in [3.05, 3.63) is 83.6 Å². The molecule has 0 amide bonds. The van der Waals surface area contributed by atoms with E-state index in [1.54, 1.807) is 18.6 Å². The summed E-state index contributed by atoms with van der Waals surface area (Å²) in [5.41, 5.74) is 3.61. The zero-order chi connectivity index (χ0) is 25.4. The summed E-state index contributed by atoms with van der Waals surface area (Å²) in [6, 6.07) is 17.6. The van der Waals surface area contributed by atoms with Gasteiger partial charge in [0, 0.05) is 54.2 Å². The molecular formula is C27H22N8OS. The van der Waals surface area contributed by atoms with Gasteiger partial charge < -0.3 is 10.2 Å². The van der Waals surface area contributed by atoms with Gasteiger partial charge in [-0.1, -0.05) is 12.1 Å². The second-order valence-electron chi connectivity index (χ2n) is 8.81. The van der Waals surface area contributed by atoms with Crippen molar-refractivity contribution in [2.45, 2.75) is 6.42 Å². The van der Waals surface area contributed by atoms with Gasteiger partial charge in [0.2, 0.25) is 0 Å². The molecule has 0 spiro atoms. The predicted molar refractivity (Wildman–Crippen MR) is 147 cm³/mol. The van der Waals surface area contributed by atoms with Gasteiger partial charge in [0.25, 0.3) is 0 Å². The molecule has 6 rings (SSSR count). The van der Waals surface area contributed by atoms with E-state index in [1.165, 1.54) is 11.3 Å². The number of anilines is 3. The van der Waals surface area contributed by atoms with Gasteiger partial charge in [0.15, 0.2) is 17.4 Å². The van der Waals surface area contributed by atoms with Gasteiger partial charge in [0.05, 0.1) is 16.6 Å². The molecule has 0 aliphatic rings. The summed E-state index contributed by atoms with van der Waals surface area (Å²) in [7, 11) is 3.93. The van der Waals surface area contributed by atoms with Gasteiger partial charge in [-0.25, -0.2) is 9.97 Å². The monoisotopic (exact) mass is 506 g/mol. The Morgan fingerprint density at radius 3 is 2.78 bits per heavy atom. The lowest BCUT2D eigenvalue weighted by molar-refractivity contribution is 0.0996. The van der Waals surface area contributed by atoms with Crippen LogP contribution >= 0.6 is 11.3 Å². The highest BCUT2D eigenvalue weighted by atomic mass is 32.1. The van der Waals surface area contributed by atoms with Crippen molar-refractivity contribution in [3.63, 3.8) is 0 Å². The van der Waals surface area contributed by atoms with Gasteiger partial charge in [-0.15, -0.1) is 11.3 Å². The molecule has 9 nitrogen and oxygen atoms in total. The number of aromatic nitrogens is 6. The fourth-order valence-corrected chi connectivity index (χ4v) is 5.18. The van der Waals surface area contributed by atoms with E-state index in [2.05, 4.69) is 30.7 Å². The number of ketones is 1. The number of Topliss-reactive ketones (excluding diaryl/α,β-unsaturated/α-hetero) is 1. The van der Waals surface area contributed by atoms with Gasteiger partial charge in [-0.2, -0.15) is 15.3 Å². The Kier molecular flexibility index (Phi) is 5.78. The van der Waals surface area contributed by atoms with Crippen LogP contribution in [0.5, 0.6) is 0 Å². The number of hydrogen-bond acceptors (Lipinski definition) is 9. The standard InChI is InChI=1S/C27H22N8OS/c1-35(2)27-20-14-19(5-6-21(20)33-34-27)31-25-8-9-28-26(32-25)18-4-3-17-12-24(37-23(17)13-18)22(36)11-16-7-10-29-30-15-16/h3-10,12-15H,11H2,1-2H3,(H,33,34)(H,28,31,32). The maximum Gasteiger partial charge on any atom is 0.177 e. The molecule has 2 aromatic carbocycles. The van der Waals surface area contributed by atoms with Crippen molar-refractivity contribution in [1.29, 1.82) is 0 Å². The first-order valence-corrected chi connectivity index (χ1v) is 12.4. The van der Waals surface area contributed by atoms with E-state index in [1.807, 2.05) is 73.6 Å². The third-order valence-corrected chi connectivity index (χ3v) is 7.10. The molecular weight excluding hydrogens is 484 g/mol. The minimum atomic E-state index is 0.0604. The number of hydrogen-bond donors (Lipinski definition) is 2. The van der Waals surface area contributed by atoms with Crippen LogP contribution in [0.3, 0.4) is 0 Å². The maximum absolute atomic E-state index is 12.8. The smallest absolute Gasteiger partial charge is 0.177 e. The average Bonchev–Trinajstić information content (AvgIpc) is 3.53. The molecule has 2 N–H and O–H groups in total. The summed E-state index contributed by atoms with van der Waals surface area (Å²) in [5, 5.41) is 20.5. The number of thiophene rings is 1. The lowest BCUT2D eigenvalue weighted by Gasteiger charge is -2.10. The maximum atomic E-state index is 12.8. The number of carbonyl (C=O) groups excluding carboxylic acids is 1. The summed E-state index contributed by atoms with van der Waals surface area (Å²) in [5.74, 6) is 2.23. The molecule has 0 bridgehead atoms. The largest absolute Gasteiger partial charge is 0.361 e. The summed E-state index contributed by atoms with van der Waals surface area (Å²) >= 11 is 1.48. The Hall–Kier alpha value is -4.70. The van der Waals surface area contributed by atoms with Crippen molar-refractivity contribution in [2.24, 2.45) is 0 Å². The summed E-state index contributed by atoms with van der Waals surface area (Å²) in [4.78, 5) is 24.7. The fourth-order valence-electron chi connectivity index (χ4n) is 4.14. The van der Waals surface area contributed by atoms with Crippen LogP contribution in [0.4, 0.5) is 17.3 Å². The summed E-state index contributed by atoms with van der Waals surface area (Å²) in [6.45, 7) is 0. The quantitative estimate of drug-likeness (QED) is 0.282. The third-order valence-electron chi connectivity index (χ3n) is 5.96. The Labute approximate surface area is 216 Å². The highest BCUT2D eigenvalue weighted by Crippen LogP contribution is 2.31.